The fourth-order valence-electron chi connectivity index (χ4n) is 2.39. The fraction of sp³-hybridized carbons (Fsp3) is 0.0526. The number of carbonyl (C=O) groups is 1. The van der Waals surface area contributed by atoms with Crippen LogP contribution in [0.15, 0.2) is 48.8 Å². The van der Waals surface area contributed by atoms with E-state index in [1.165, 1.54) is 19.5 Å². The Hall–Kier alpha value is -3.56. The van der Waals surface area contributed by atoms with Crippen molar-refractivity contribution in [1.82, 2.24) is 9.97 Å². The number of nitrogens with one attached hydrogen (secondary N) is 3. The third kappa shape index (κ3) is 4.88. The Balaban J connectivity index is 1.75. The molecule has 3 rings (SSSR count). The standard InChI is InChI=1S/C19H16Cl2N6O3/c1-29-17(23)15-16(22)24-9-25-18(15)30-10-6-7-14(12(21)8-10)27-19(28)26-13-5-3-2-4-11(13)20/h2-9,23H,1H3,(H2,22,24,25)(H2,26,27,28). The fourth-order valence-corrected chi connectivity index (χ4v) is 2.79. The number of nitrogens with two attached hydrogens (primary N) is 1. The zero-order valence-electron chi connectivity index (χ0n) is 15.6. The summed E-state index contributed by atoms with van der Waals surface area (Å²) in [7, 11) is 1.32. The first-order chi connectivity index (χ1) is 14.4. The summed E-state index contributed by atoms with van der Waals surface area (Å²) in [4.78, 5) is 20.0. The van der Waals surface area contributed by atoms with Gasteiger partial charge < -0.3 is 25.8 Å². The van der Waals surface area contributed by atoms with Crippen molar-refractivity contribution in [2.75, 3.05) is 23.5 Å². The van der Waals surface area contributed by atoms with Crippen LogP contribution in [0.3, 0.4) is 0 Å². The highest BCUT2D eigenvalue weighted by Gasteiger charge is 2.18. The summed E-state index contributed by atoms with van der Waals surface area (Å²) >= 11 is 12.3. The topological polar surface area (TPSA) is 135 Å². The minimum absolute atomic E-state index is 0.0302. The van der Waals surface area contributed by atoms with Crippen molar-refractivity contribution in [2.24, 2.45) is 0 Å². The van der Waals surface area contributed by atoms with Gasteiger partial charge in [-0.05, 0) is 24.3 Å². The third-order valence-corrected chi connectivity index (χ3v) is 4.44. The summed E-state index contributed by atoms with van der Waals surface area (Å²) in [6.07, 6.45) is 1.20. The minimum Gasteiger partial charge on any atom is -0.481 e. The number of benzene rings is 2. The lowest BCUT2D eigenvalue weighted by Gasteiger charge is -2.13. The number of para-hydroxylation sites is 1. The molecule has 30 heavy (non-hydrogen) atoms. The van der Waals surface area contributed by atoms with E-state index in [2.05, 4.69) is 20.6 Å². The van der Waals surface area contributed by atoms with E-state index in [-0.39, 0.29) is 28.2 Å². The molecular weight excluding hydrogens is 431 g/mol. The molecule has 0 aliphatic carbocycles. The molecule has 1 heterocycles. The number of urea groups is 1. The third-order valence-electron chi connectivity index (χ3n) is 3.80. The molecule has 154 valence electrons. The van der Waals surface area contributed by atoms with E-state index in [9.17, 15) is 4.79 Å². The molecule has 0 unspecified atom stereocenters. The molecule has 0 spiro atoms. The molecule has 0 saturated carbocycles. The summed E-state index contributed by atoms with van der Waals surface area (Å²) in [6, 6.07) is 10.9. The zero-order chi connectivity index (χ0) is 21.7. The first-order valence-electron chi connectivity index (χ1n) is 8.42. The number of aromatic nitrogens is 2. The SMILES string of the molecule is COC(=N)c1c(N)ncnc1Oc1ccc(NC(=O)Nc2ccccc2Cl)c(Cl)c1. The van der Waals surface area contributed by atoms with Gasteiger partial charge in [0.25, 0.3) is 0 Å². The largest absolute Gasteiger partial charge is 0.481 e. The number of ether oxygens (including phenoxy) is 2. The van der Waals surface area contributed by atoms with Crippen molar-refractivity contribution >= 4 is 52.3 Å². The zero-order valence-corrected chi connectivity index (χ0v) is 17.1. The Kier molecular flexibility index (Phi) is 6.55. The van der Waals surface area contributed by atoms with Crippen LogP contribution in [0, 0.1) is 5.41 Å². The number of nitrogens with zero attached hydrogens (tertiary/aromatic N) is 2. The molecule has 0 aliphatic rings. The molecule has 0 radical (unpaired) electrons. The van der Waals surface area contributed by atoms with Crippen LogP contribution in [0.1, 0.15) is 5.56 Å². The van der Waals surface area contributed by atoms with E-state index in [0.717, 1.165) is 0 Å². The molecule has 2 amide bonds. The van der Waals surface area contributed by atoms with Gasteiger partial charge in [0.1, 0.15) is 23.5 Å². The van der Waals surface area contributed by atoms with E-state index >= 15 is 0 Å². The highest BCUT2D eigenvalue weighted by molar-refractivity contribution is 6.34. The molecule has 11 heteroatoms. The maximum absolute atomic E-state index is 12.2. The number of methoxy groups -OCH3 is 1. The van der Waals surface area contributed by atoms with E-state index in [4.69, 9.17) is 43.8 Å². The highest BCUT2D eigenvalue weighted by Crippen LogP contribution is 2.31. The van der Waals surface area contributed by atoms with E-state index in [1.807, 2.05) is 0 Å². The molecule has 0 bridgehead atoms. The number of hydrogen-bond donors (Lipinski definition) is 4. The van der Waals surface area contributed by atoms with Gasteiger partial charge in [-0.1, -0.05) is 35.3 Å². The van der Waals surface area contributed by atoms with Crippen LogP contribution in [0.25, 0.3) is 0 Å². The number of anilines is 3. The van der Waals surface area contributed by atoms with E-state index < -0.39 is 6.03 Å². The molecule has 0 saturated heterocycles. The number of nitrogen functional groups attached to an aromatic ring is 1. The van der Waals surface area contributed by atoms with Gasteiger partial charge in [0.05, 0.1) is 28.5 Å². The lowest BCUT2D eigenvalue weighted by atomic mass is 10.2. The van der Waals surface area contributed by atoms with Crippen molar-refractivity contribution in [3.63, 3.8) is 0 Å². The molecule has 5 N–H and O–H groups in total. The van der Waals surface area contributed by atoms with Crippen LogP contribution in [-0.2, 0) is 4.74 Å². The molecule has 3 aromatic rings. The van der Waals surface area contributed by atoms with Crippen molar-refractivity contribution in [2.45, 2.75) is 0 Å². The number of hydrogen-bond acceptors (Lipinski definition) is 7. The minimum atomic E-state index is -0.516. The predicted octanol–water partition coefficient (Wildman–Crippen LogP) is 4.77. The number of rotatable bonds is 5. The lowest BCUT2D eigenvalue weighted by molar-refractivity contribution is 0.262. The maximum atomic E-state index is 12.2. The van der Waals surface area contributed by atoms with Gasteiger partial charge in [0.15, 0.2) is 0 Å². The average molecular weight is 447 g/mol. The van der Waals surface area contributed by atoms with Gasteiger partial charge in [-0.25, -0.2) is 14.8 Å². The lowest BCUT2D eigenvalue weighted by Crippen LogP contribution is -2.19. The first kappa shape index (κ1) is 21.2. The van der Waals surface area contributed by atoms with Crippen LogP contribution < -0.4 is 21.1 Å². The highest BCUT2D eigenvalue weighted by atomic mass is 35.5. The summed E-state index contributed by atoms with van der Waals surface area (Å²) in [5.41, 5.74) is 6.71. The van der Waals surface area contributed by atoms with Gasteiger partial charge >= 0.3 is 6.03 Å². The second-order valence-electron chi connectivity index (χ2n) is 5.77. The summed E-state index contributed by atoms with van der Waals surface area (Å²) in [5, 5.41) is 13.7. The van der Waals surface area contributed by atoms with Crippen molar-refractivity contribution < 1.29 is 14.3 Å². The van der Waals surface area contributed by atoms with Gasteiger partial charge in [-0.2, -0.15) is 0 Å². The van der Waals surface area contributed by atoms with Gasteiger partial charge in [0, 0.05) is 6.07 Å². The van der Waals surface area contributed by atoms with Crippen LogP contribution in [0.4, 0.5) is 22.0 Å². The molecular formula is C19H16Cl2N6O3. The Bertz CT molecular complexity index is 1110. The summed E-state index contributed by atoms with van der Waals surface area (Å²) < 4.78 is 10.6. The van der Waals surface area contributed by atoms with Crippen LogP contribution in [0.5, 0.6) is 11.6 Å². The Labute approximate surface area is 181 Å². The van der Waals surface area contributed by atoms with E-state index in [0.29, 0.717) is 22.1 Å². The second kappa shape index (κ2) is 9.29. The molecule has 0 atom stereocenters. The molecule has 9 nitrogen and oxygen atoms in total. The van der Waals surface area contributed by atoms with Crippen molar-refractivity contribution in [1.29, 1.82) is 5.41 Å². The quantitative estimate of drug-likeness (QED) is 0.329. The van der Waals surface area contributed by atoms with Gasteiger partial charge in [0.2, 0.25) is 11.8 Å². The second-order valence-corrected chi connectivity index (χ2v) is 6.59. The Morgan fingerprint density at radius 3 is 2.43 bits per heavy atom. The molecule has 1 aromatic heterocycles. The number of carbonyl (C=O) groups excluding carboxylic acids is 1. The van der Waals surface area contributed by atoms with Crippen molar-refractivity contribution in [3.05, 3.63) is 64.4 Å². The number of amides is 2. The van der Waals surface area contributed by atoms with Gasteiger partial charge in [-0.3, -0.25) is 5.41 Å². The van der Waals surface area contributed by atoms with Crippen molar-refractivity contribution in [3.8, 4) is 11.6 Å². The molecule has 0 aliphatic heterocycles. The van der Waals surface area contributed by atoms with E-state index in [1.54, 1.807) is 36.4 Å². The average Bonchev–Trinajstić information content (AvgIpc) is 2.71. The Morgan fingerprint density at radius 1 is 1.07 bits per heavy atom. The normalized spacial score (nSPS) is 10.2. The summed E-state index contributed by atoms with van der Waals surface area (Å²) in [6.45, 7) is 0. The van der Waals surface area contributed by atoms with Gasteiger partial charge in [-0.15, -0.1) is 0 Å². The first-order valence-corrected chi connectivity index (χ1v) is 9.18. The van der Waals surface area contributed by atoms with Crippen LogP contribution in [-0.4, -0.2) is 29.0 Å². The Morgan fingerprint density at radius 2 is 1.77 bits per heavy atom. The smallest absolute Gasteiger partial charge is 0.323 e. The maximum Gasteiger partial charge on any atom is 0.323 e. The van der Waals surface area contributed by atoms with Crippen LogP contribution >= 0.6 is 23.2 Å². The number of halogens is 2. The van der Waals surface area contributed by atoms with Crippen LogP contribution in [0.2, 0.25) is 10.0 Å². The monoisotopic (exact) mass is 446 g/mol. The summed E-state index contributed by atoms with van der Waals surface area (Å²) in [5.74, 6) is 0.124. The molecule has 0 fully saturated rings. The molecule has 2 aromatic carbocycles. The predicted molar refractivity (Wildman–Crippen MR) is 116 cm³/mol.